The Hall–Kier alpha value is -2.82. The van der Waals surface area contributed by atoms with E-state index >= 15 is 0 Å². The van der Waals surface area contributed by atoms with Crippen molar-refractivity contribution in [3.8, 4) is 11.5 Å². The highest BCUT2D eigenvalue weighted by atomic mass is 16.5. The molecule has 2 N–H and O–H groups in total. The summed E-state index contributed by atoms with van der Waals surface area (Å²) in [4.78, 5) is 11.7. The van der Waals surface area contributed by atoms with E-state index < -0.39 is 0 Å². The number of hydrogen-bond donors (Lipinski definition) is 2. The maximum atomic E-state index is 11.7. The number of rotatable bonds is 7. The van der Waals surface area contributed by atoms with Crippen molar-refractivity contribution in [3.05, 3.63) is 59.7 Å². The highest BCUT2D eigenvalue weighted by Gasteiger charge is 2.00. The van der Waals surface area contributed by atoms with Crippen LogP contribution in [0.25, 0.3) is 0 Å². The number of nitrogens with zero attached hydrogens (tertiary/aromatic N) is 1. The number of phenolic OH excluding ortho intramolecular Hbond substituents is 1. The third kappa shape index (κ3) is 5.82. The number of aryl methyl sites for hydroxylation is 1. The van der Waals surface area contributed by atoms with Crippen molar-refractivity contribution >= 4 is 12.1 Å². The van der Waals surface area contributed by atoms with Crippen LogP contribution >= 0.6 is 0 Å². The molecular formula is C18H20N2O3. The van der Waals surface area contributed by atoms with Gasteiger partial charge in [0.15, 0.2) is 0 Å². The number of nitrogens with one attached hydrogen (secondary N) is 1. The van der Waals surface area contributed by atoms with Crippen LogP contribution in [0.2, 0.25) is 0 Å². The van der Waals surface area contributed by atoms with Gasteiger partial charge in [-0.25, -0.2) is 5.43 Å². The van der Waals surface area contributed by atoms with Crippen LogP contribution in [0, 0.1) is 0 Å². The van der Waals surface area contributed by atoms with Crippen LogP contribution in [0.15, 0.2) is 53.6 Å². The van der Waals surface area contributed by atoms with E-state index in [2.05, 4.69) is 10.5 Å². The van der Waals surface area contributed by atoms with E-state index in [1.165, 1.54) is 0 Å². The van der Waals surface area contributed by atoms with Crippen LogP contribution in [0.4, 0.5) is 0 Å². The van der Waals surface area contributed by atoms with Crippen molar-refractivity contribution < 1.29 is 14.6 Å². The predicted octanol–water partition coefficient (Wildman–Crippen LogP) is 2.87. The molecule has 0 aliphatic carbocycles. The first-order valence-electron chi connectivity index (χ1n) is 7.41. The largest absolute Gasteiger partial charge is 0.508 e. The van der Waals surface area contributed by atoms with Crippen LogP contribution < -0.4 is 10.2 Å². The summed E-state index contributed by atoms with van der Waals surface area (Å²) in [6, 6.07) is 14.4. The molecule has 1 amide bonds. The topological polar surface area (TPSA) is 70.9 Å². The fourth-order valence-corrected chi connectivity index (χ4v) is 2.04. The van der Waals surface area contributed by atoms with E-state index in [4.69, 9.17) is 4.74 Å². The molecule has 0 heterocycles. The van der Waals surface area contributed by atoms with Gasteiger partial charge in [0.1, 0.15) is 11.5 Å². The quantitative estimate of drug-likeness (QED) is 0.610. The van der Waals surface area contributed by atoms with Gasteiger partial charge in [0.2, 0.25) is 5.91 Å². The lowest BCUT2D eigenvalue weighted by molar-refractivity contribution is -0.121. The van der Waals surface area contributed by atoms with Gasteiger partial charge in [-0.3, -0.25) is 4.79 Å². The molecular weight excluding hydrogens is 292 g/mol. The fourth-order valence-electron chi connectivity index (χ4n) is 2.04. The van der Waals surface area contributed by atoms with Gasteiger partial charge in [0, 0.05) is 6.42 Å². The molecule has 120 valence electrons. The van der Waals surface area contributed by atoms with Gasteiger partial charge < -0.3 is 9.84 Å². The van der Waals surface area contributed by atoms with Crippen LogP contribution in [-0.2, 0) is 11.2 Å². The van der Waals surface area contributed by atoms with Crippen LogP contribution in [0.1, 0.15) is 24.0 Å². The zero-order chi connectivity index (χ0) is 16.5. The Balaban J connectivity index is 1.69. The first kappa shape index (κ1) is 16.5. The Labute approximate surface area is 135 Å². The SMILES string of the molecule is COc1ccc(/C=N\NC(=O)CCCc2ccc(O)cc2)cc1. The minimum atomic E-state index is -0.117. The molecule has 2 rings (SSSR count). The molecule has 0 aliphatic heterocycles. The molecule has 0 spiro atoms. The van der Waals surface area contributed by atoms with Crippen molar-refractivity contribution in [2.45, 2.75) is 19.3 Å². The normalized spacial score (nSPS) is 10.7. The van der Waals surface area contributed by atoms with Gasteiger partial charge in [0.25, 0.3) is 0 Å². The number of ether oxygens (including phenoxy) is 1. The highest BCUT2D eigenvalue weighted by Crippen LogP contribution is 2.12. The monoisotopic (exact) mass is 312 g/mol. The van der Waals surface area contributed by atoms with Crippen LogP contribution in [0.5, 0.6) is 11.5 Å². The first-order chi connectivity index (χ1) is 11.2. The Morgan fingerprint density at radius 2 is 1.87 bits per heavy atom. The number of amides is 1. The third-order valence-electron chi connectivity index (χ3n) is 3.32. The summed E-state index contributed by atoms with van der Waals surface area (Å²) in [6.45, 7) is 0. The fraction of sp³-hybridized carbons (Fsp3) is 0.222. The van der Waals surface area contributed by atoms with Gasteiger partial charge in [-0.05, 0) is 60.4 Å². The van der Waals surface area contributed by atoms with Gasteiger partial charge in [0.05, 0.1) is 13.3 Å². The average molecular weight is 312 g/mol. The third-order valence-corrected chi connectivity index (χ3v) is 3.32. The Kier molecular flexibility index (Phi) is 6.17. The lowest BCUT2D eigenvalue weighted by Crippen LogP contribution is -2.17. The van der Waals surface area contributed by atoms with Gasteiger partial charge in [-0.1, -0.05) is 12.1 Å². The van der Waals surface area contributed by atoms with Gasteiger partial charge >= 0.3 is 0 Å². The molecule has 5 heteroatoms. The number of benzene rings is 2. The van der Waals surface area contributed by atoms with Crippen molar-refractivity contribution in [3.63, 3.8) is 0 Å². The number of carbonyl (C=O) groups excluding carboxylic acids is 1. The standard InChI is InChI=1S/C18H20N2O3/c1-23-17-11-7-15(8-12-17)13-19-20-18(22)4-2-3-14-5-9-16(21)10-6-14/h5-13,21H,2-4H2,1H3,(H,20,22)/b19-13-. The molecule has 23 heavy (non-hydrogen) atoms. The number of hydrazone groups is 1. The number of hydrogen-bond acceptors (Lipinski definition) is 4. The summed E-state index contributed by atoms with van der Waals surface area (Å²) in [7, 11) is 1.61. The smallest absolute Gasteiger partial charge is 0.240 e. The van der Waals surface area contributed by atoms with Crippen molar-refractivity contribution in [1.29, 1.82) is 0 Å². The Bertz CT molecular complexity index is 649. The van der Waals surface area contributed by atoms with Crippen molar-refractivity contribution in [1.82, 2.24) is 5.43 Å². The molecule has 0 saturated heterocycles. The lowest BCUT2D eigenvalue weighted by atomic mass is 10.1. The average Bonchev–Trinajstić information content (AvgIpc) is 2.57. The Morgan fingerprint density at radius 3 is 2.52 bits per heavy atom. The lowest BCUT2D eigenvalue weighted by Gasteiger charge is -2.02. The van der Waals surface area contributed by atoms with Crippen LogP contribution in [-0.4, -0.2) is 24.3 Å². The van der Waals surface area contributed by atoms with E-state index in [9.17, 15) is 9.90 Å². The summed E-state index contributed by atoms with van der Waals surface area (Å²) in [6.07, 6.45) is 3.52. The highest BCUT2D eigenvalue weighted by molar-refractivity contribution is 5.82. The molecule has 2 aromatic rings. The van der Waals surface area contributed by atoms with Crippen molar-refractivity contribution in [2.75, 3.05) is 7.11 Å². The second-order valence-electron chi connectivity index (χ2n) is 5.09. The summed E-state index contributed by atoms with van der Waals surface area (Å²) in [5.74, 6) is 0.910. The molecule has 0 aliphatic rings. The molecule has 0 radical (unpaired) electrons. The number of methoxy groups -OCH3 is 1. The molecule has 5 nitrogen and oxygen atoms in total. The molecule has 0 aromatic heterocycles. The maximum absolute atomic E-state index is 11.7. The molecule has 2 aromatic carbocycles. The van der Waals surface area contributed by atoms with Crippen molar-refractivity contribution in [2.24, 2.45) is 5.10 Å². The van der Waals surface area contributed by atoms with E-state index in [0.717, 1.165) is 29.7 Å². The molecule has 0 atom stereocenters. The van der Waals surface area contributed by atoms with Gasteiger partial charge in [-0.2, -0.15) is 5.10 Å². The minimum absolute atomic E-state index is 0.117. The minimum Gasteiger partial charge on any atom is -0.508 e. The molecule has 0 bridgehead atoms. The summed E-state index contributed by atoms with van der Waals surface area (Å²) < 4.78 is 5.07. The summed E-state index contributed by atoms with van der Waals surface area (Å²) in [5, 5.41) is 13.1. The van der Waals surface area contributed by atoms with Gasteiger partial charge in [-0.15, -0.1) is 0 Å². The van der Waals surface area contributed by atoms with Crippen LogP contribution in [0.3, 0.4) is 0 Å². The van der Waals surface area contributed by atoms with E-state index in [0.29, 0.717) is 6.42 Å². The zero-order valence-electron chi connectivity index (χ0n) is 13.0. The zero-order valence-corrected chi connectivity index (χ0v) is 13.0. The predicted molar refractivity (Wildman–Crippen MR) is 89.8 cm³/mol. The second-order valence-corrected chi connectivity index (χ2v) is 5.09. The van der Waals surface area contributed by atoms with E-state index in [-0.39, 0.29) is 11.7 Å². The summed E-state index contributed by atoms with van der Waals surface area (Å²) >= 11 is 0. The summed E-state index contributed by atoms with van der Waals surface area (Å²) in [5.41, 5.74) is 4.49. The maximum Gasteiger partial charge on any atom is 0.240 e. The number of aromatic hydroxyl groups is 1. The number of carbonyl (C=O) groups is 1. The van der Waals surface area contributed by atoms with E-state index in [1.54, 1.807) is 25.5 Å². The molecule has 0 saturated carbocycles. The molecule has 0 unspecified atom stereocenters. The first-order valence-corrected chi connectivity index (χ1v) is 7.41. The molecule has 0 fully saturated rings. The number of phenols is 1. The second kappa shape index (κ2) is 8.58. The Morgan fingerprint density at radius 1 is 1.17 bits per heavy atom. The van der Waals surface area contributed by atoms with E-state index in [1.807, 2.05) is 36.4 Å².